The number of carboxylic acids is 1. The number of benzene rings is 1. The maximum absolute atomic E-state index is 11.4. The number of aliphatic carboxylic acids is 1. The summed E-state index contributed by atoms with van der Waals surface area (Å²) in [7, 11) is 0. The van der Waals surface area contributed by atoms with Crippen molar-refractivity contribution in [1.82, 2.24) is 5.32 Å². The second-order valence-corrected chi connectivity index (χ2v) is 6.00. The number of hydrogen-bond acceptors (Lipinski definition) is 3. The molecule has 1 aromatic heterocycles. The van der Waals surface area contributed by atoms with E-state index in [1.54, 1.807) is 0 Å². The third-order valence-corrected chi connectivity index (χ3v) is 3.73. The van der Waals surface area contributed by atoms with Crippen LogP contribution in [0.4, 0.5) is 0 Å². The van der Waals surface area contributed by atoms with E-state index >= 15 is 0 Å². The van der Waals surface area contributed by atoms with Gasteiger partial charge in [0, 0.05) is 5.39 Å². The molecule has 0 saturated carbocycles. The summed E-state index contributed by atoms with van der Waals surface area (Å²) < 4.78 is 5.89. The lowest BCUT2D eigenvalue weighted by molar-refractivity contribution is -0.140. The number of hydrogen-bond donors (Lipinski definition) is 2. The average molecular weight is 289 g/mol. The zero-order chi connectivity index (χ0) is 15.6. The molecule has 2 unspecified atom stereocenters. The van der Waals surface area contributed by atoms with Gasteiger partial charge in [-0.3, -0.25) is 10.1 Å². The molecule has 0 aliphatic carbocycles. The predicted molar refractivity (Wildman–Crippen MR) is 83.4 cm³/mol. The van der Waals surface area contributed by atoms with Crippen LogP contribution in [0.15, 0.2) is 28.7 Å². The van der Waals surface area contributed by atoms with Crippen molar-refractivity contribution in [2.75, 3.05) is 0 Å². The molecule has 2 N–H and O–H groups in total. The smallest absolute Gasteiger partial charge is 0.320 e. The number of fused-ring (bicyclic) bond motifs is 1. The molecule has 2 atom stereocenters. The lowest BCUT2D eigenvalue weighted by Crippen LogP contribution is -2.39. The molecule has 0 saturated heterocycles. The summed E-state index contributed by atoms with van der Waals surface area (Å²) in [5, 5.41) is 13.6. The Labute approximate surface area is 125 Å². The molecule has 0 spiro atoms. The molecule has 0 radical (unpaired) electrons. The molecule has 0 aliphatic heterocycles. The highest BCUT2D eigenvalue weighted by Crippen LogP contribution is 2.29. The lowest BCUT2D eigenvalue weighted by Gasteiger charge is -2.20. The molecule has 0 amide bonds. The quantitative estimate of drug-likeness (QED) is 0.847. The van der Waals surface area contributed by atoms with Crippen molar-refractivity contribution in [3.63, 3.8) is 0 Å². The number of carboxylic acid groups (broad SMARTS) is 1. The van der Waals surface area contributed by atoms with Crippen LogP contribution in [0.5, 0.6) is 0 Å². The molecule has 114 valence electrons. The highest BCUT2D eigenvalue weighted by molar-refractivity contribution is 5.82. The van der Waals surface area contributed by atoms with Gasteiger partial charge in [0.05, 0.1) is 6.04 Å². The first-order valence-electron chi connectivity index (χ1n) is 7.37. The Bertz CT molecular complexity index is 630. The molecule has 21 heavy (non-hydrogen) atoms. The van der Waals surface area contributed by atoms with Crippen molar-refractivity contribution >= 4 is 16.9 Å². The van der Waals surface area contributed by atoms with E-state index in [2.05, 4.69) is 5.32 Å². The fourth-order valence-corrected chi connectivity index (χ4v) is 2.70. The Kier molecular flexibility index (Phi) is 4.68. The second-order valence-electron chi connectivity index (χ2n) is 6.00. The Morgan fingerprint density at radius 1 is 1.29 bits per heavy atom. The molecule has 0 aliphatic rings. The number of para-hydroxylation sites is 1. The standard InChI is InChI=1S/C17H23NO3/c1-10(2)9-14(17(19)20)18-12(4)16-11(3)13-7-5-6-8-15(13)21-16/h5-8,10,12,14,18H,9H2,1-4H3,(H,19,20). The van der Waals surface area contributed by atoms with Crippen molar-refractivity contribution in [1.29, 1.82) is 0 Å². The molecule has 4 nitrogen and oxygen atoms in total. The minimum absolute atomic E-state index is 0.141. The SMILES string of the molecule is Cc1c(C(C)NC(CC(C)C)C(=O)O)oc2ccccc12. The summed E-state index contributed by atoms with van der Waals surface area (Å²) in [6.07, 6.45) is 0.596. The zero-order valence-electron chi connectivity index (χ0n) is 13.0. The van der Waals surface area contributed by atoms with Gasteiger partial charge in [-0.05, 0) is 37.8 Å². The van der Waals surface area contributed by atoms with E-state index in [1.165, 1.54) is 0 Å². The first-order valence-corrected chi connectivity index (χ1v) is 7.37. The highest BCUT2D eigenvalue weighted by atomic mass is 16.4. The van der Waals surface area contributed by atoms with Gasteiger partial charge in [-0.2, -0.15) is 0 Å². The zero-order valence-corrected chi connectivity index (χ0v) is 13.0. The van der Waals surface area contributed by atoms with Crippen LogP contribution in [0.25, 0.3) is 11.0 Å². The van der Waals surface area contributed by atoms with Crippen LogP contribution in [0.2, 0.25) is 0 Å². The van der Waals surface area contributed by atoms with Crippen molar-refractivity contribution in [2.24, 2.45) is 5.92 Å². The van der Waals surface area contributed by atoms with Crippen molar-refractivity contribution < 1.29 is 14.3 Å². The summed E-state index contributed by atoms with van der Waals surface area (Å²) in [6, 6.07) is 7.16. The van der Waals surface area contributed by atoms with Crippen molar-refractivity contribution in [3.8, 4) is 0 Å². The van der Waals surface area contributed by atoms with E-state index in [9.17, 15) is 9.90 Å². The van der Waals surface area contributed by atoms with E-state index < -0.39 is 12.0 Å². The van der Waals surface area contributed by atoms with Crippen LogP contribution in [-0.4, -0.2) is 17.1 Å². The topological polar surface area (TPSA) is 62.5 Å². The van der Waals surface area contributed by atoms with Gasteiger partial charge < -0.3 is 9.52 Å². The van der Waals surface area contributed by atoms with Crippen LogP contribution in [0.1, 0.15) is 44.6 Å². The summed E-state index contributed by atoms with van der Waals surface area (Å²) in [4.78, 5) is 11.4. The summed E-state index contributed by atoms with van der Waals surface area (Å²) in [6.45, 7) is 8.00. The second kappa shape index (κ2) is 6.31. The number of nitrogens with one attached hydrogen (secondary N) is 1. The van der Waals surface area contributed by atoms with Gasteiger partial charge in [0.15, 0.2) is 0 Å². The van der Waals surface area contributed by atoms with Crippen molar-refractivity contribution in [2.45, 2.75) is 46.2 Å². The van der Waals surface area contributed by atoms with Gasteiger partial charge in [-0.15, -0.1) is 0 Å². The van der Waals surface area contributed by atoms with Gasteiger partial charge in [0.1, 0.15) is 17.4 Å². The number of aryl methyl sites for hydroxylation is 1. The van der Waals surface area contributed by atoms with Gasteiger partial charge in [0.2, 0.25) is 0 Å². The Morgan fingerprint density at radius 2 is 1.95 bits per heavy atom. The minimum atomic E-state index is -0.815. The molecule has 1 heterocycles. The Morgan fingerprint density at radius 3 is 2.52 bits per heavy atom. The molecule has 2 aromatic rings. The molecule has 0 bridgehead atoms. The van der Waals surface area contributed by atoms with E-state index in [1.807, 2.05) is 52.0 Å². The maximum Gasteiger partial charge on any atom is 0.320 e. The Balaban J connectivity index is 2.23. The summed E-state index contributed by atoms with van der Waals surface area (Å²) in [5.41, 5.74) is 1.91. The monoisotopic (exact) mass is 289 g/mol. The lowest BCUT2D eigenvalue weighted by atomic mass is 10.0. The van der Waals surface area contributed by atoms with Crippen LogP contribution >= 0.6 is 0 Å². The number of furan rings is 1. The Hall–Kier alpha value is -1.81. The molecule has 4 heteroatoms. The number of rotatable bonds is 6. The van der Waals surface area contributed by atoms with E-state index in [0.29, 0.717) is 12.3 Å². The third kappa shape index (κ3) is 3.45. The first kappa shape index (κ1) is 15.6. The number of carbonyl (C=O) groups is 1. The summed E-state index contributed by atoms with van der Waals surface area (Å²) in [5.74, 6) is 0.318. The summed E-state index contributed by atoms with van der Waals surface area (Å²) >= 11 is 0. The predicted octanol–water partition coefficient (Wildman–Crippen LogP) is 3.89. The van der Waals surface area contributed by atoms with Gasteiger partial charge in [-0.25, -0.2) is 0 Å². The van der Waals surface area contributed by atoms with Crippen LogP contribution in [0.3, 0.4) is 0 Å². The van der Waals surface area contributed by atoms with Crippen molar-refractivity contribution in [3.05, 3.63) is 35.6 Å². The fraction of sp³-hybridized carbons (Fsp3) is 0.471. The van der Waals surface area contributed by atoms with E-state index in [0.717, 1.165) is 22.3 Å². The van der Waals surface area contributed by atoms with Crippen LogP contribution < -0.4 is 5.32 Å². The molecule has 1 aromatic carbocycles. The molecular formula is C17H23NO3. The van der Waals surface area contributed by atoms with Gasteiger partial charge in [0.25, 0.3) is 0 Å². The first-order chi connectivity index (χ1) is 9.90. The largest absolute Gasteiger partial charge is 0.480 e. The normalized spacial score (nSPS) is 14.5. The van der Waals surface area contributed by atoms with Gasteiger partial charge in [-0.1, -0.05) is 32.0 Å². The minimum Gasteiger partial charge on any atom is -0.480 e. The third-order valence-electron chi connectivity index (χ3n) is 3.73. The molecular weight excluding hydrogens is 266 g/mol. The highest BCUT2D eigenvalue weighted by Gasteiger charge is 2.24. The van der Waals surface area contributed by atoms with Crippen LogP contribution in [-0.2, 0) is 4.79 Å². The van der Waals surface area contributed by atoms with E-state index in [-0.39, 0.29) is 6.04 Å². The maximum atomic E-state index is 11.4. The average Bonchev–Trinajstić information content (AvgIpc) is 2.75. The van der Waals surface area contributed by atoms with E-state index in [4.69, 9.17) is 4.42 Å². The van der Waals surface area contributed by atoms with Gasteiger partial charge >= 0.3 is 5.97 Å². The van der Waals surface area contributed by atoms with Crippen LogP contribution in [0, 0.1) is 12.8 Å². The molecule has 0 fully saturated rings. The fourth-order valence-electron chi connectivity index (χ4n) is 2.70. The molecule has 2 rings (SSSR count).